The highest BCUT2D eigenvalue weighted by molar-refractivity contribution is 6.23. The molecule has 5 aromatic rings. The quantitative estimate of drug-likeness (QED) is 0.0269. The van der Waals surface area contributed by atoms with Gasteiger partial charge in [-0.25, -0.2) is 0 Å². The van der Waals surface area contributed by atoms with Crippen LogP contribution < -0.4 is 0 Å². The molecule has 0 heterocycles. The smallest absolute Gasteiger partial charge is 0.00987 e. The topological polar surface area (TPSA) is 0 Å². The molecule has 0 amide bonds. The summed E-state index contributed by atoms with van der Waals surface area (Å²) in [4.78, 5) is 0. The molecule has 0 fully saturated rings. The molecule has 0 spiro atoms. The van der Waals surface area contributed by atoms with Crippen LogP contribution in [0.3, 0.4) is 0 Å². The van der Waals surface area contributed by atoms with Gasteiger partial charge in [0.15, 0.2) is 0 Å². The molecule has 0 heteroatoms. The fraction of sp³-hybridized carbons (Fsp3) is 0.766. The molecule has 0 atom stereocenters. The molecule has 0 saturated carbocycles. The number of hydrogen-bond acceptors (Lipinski definition) is 0. The van der Waals surface area contributed by atoms with Crippen LogP contribution in [0.5, 0.6) is 0 Å². The van der Waals surface area contributed by atoms with Crippen LogP contribution in [0.1, 0.15) is 460 Å². The van der Waals surface area contributed by atoms with Crippen molar-refractivity contribution < 1.29 is 0 Å². The largest absolute Gasteiger partial charge is 0.0654 e. The summed E-state index contributed by atoms with van der Waals surface area (Å²) >= 11 is 0. The first-order valence-electron chi connectivity index (χ1n) is 43.5. The van der Waals surface area contributed by atoms with Crippen LogP contribution in [0.25, 0.3) is 43.1 Å². The molecule has 0 unspecified atom stereocenters. The second kappa shape index (κ2) is 56.0. The molecular weight excluding hydrogens is 1130 g/mol. The molecule has 0 aliphatic carbocycles. The summed E-state index contributed by atoms with van der Waals surface area (Å²) in [7, 11) is 0. The van der Waals surface area contributed by atoms with Crippen molar-refractivity contribution in [2.45, 2.75) is 465 Å². The molecule has 0 bridgehead atoms. The van der Waals surface area contributed by atoms with Gasteiger partial charge in [0.2, 0.25) is 0 Å². The molecule has 94 heavy (non-hydrogen) atoms. The van der Waals surface area contributed by atoms with Crippen molar-refractivity contribution in [3.05, 3.63) is 81.9 Å². The summed E-state index contributed by atoms with van der Waals surface area (Å²) in [5, 5.41) is 12.3. The zero-order chi connectivity index (χ0) is 66.4. The molecule has 5 aromatic carbocycles. The Morgan fingerprint density at radius 3 is 0.489 bits per heavy atom. The van der Waals surface area contributed by atoms with E-state index >= 15 is 0 Å². The van der Waals surface area contributed by atoms with Gasteiger partial charge in [0.05, 0.1) is 0 Å². The minimum Gasteiger partial charge on any atom is -0.0654 e. The van der Waals surface area contributed by atoms with E-state index in [2.05, 4.69) is 90.1 Å². The zero-order valence-corrected chi connectivity index (χ0v) is 64.3. The summed E-state index contributed by atoms with van der Waals surface area (Å²) in [5.41, 5.74) is 10.5. The standard InChI is InChI=1S/C94H158/c1-7-13-19-25-31-37-43-49-55-61-67-81-79-93-89(85(71-65-59-53-47-41-35-29-23-17-11-5)83(81)69-63-57-51-45-39-33-27-21-15-9-3)75-73-87-88-74-76-90-86(72-66-60-54-48-42-36-30-24-18-12-6)84(70-64-58-52-46-40-34-28-22-16-10-4)82(80-94(90)92(88)78-77-91(87)93)68-62-56-50-44-38-32-26-20-14-8-2/h73-80H,7-72H2,1-6H3. The minimum absolute atomic E-state index is 1.25. The van der Waals surface area contributed by atoms with Gasteiger partial charge in [-0.2, -0.15) is 0 Å². The Bertz CT molecular complexity index is 2410. The van der Waals surface area contributed by atoms with Crippen LogP contribution in [0, 0.1) is 0 Å². The lowest BCUT2D eigenvalue weighted by Crippen LogP contribution is -2.05. The molecule has 0 nitrogen and oxygen atoms in total. The van der Waals surface area contributed by atoms with Crippen molar-refractivity contribution in [1.29, 1.82) is 0 Å². The van der Waals surface area contributed by atoms with E-state index in [9.17, 15) is 0 Å². The number of fused-ring (bicyclic) bond motifs is 7. The first kappa shape index (κ1) is 81.8. The fourth-order valence-electron chi connectivity index (χ4n) is 16.7. The van der Waals surface area contributed by atoms with Gasteiger partial charge in [0.1, 0.15) is 0 Å². The molecule has 0 aromatic heterocycles. The lowest BCUT2D eigenvalue weighted by molar-refractivity contribution is 0.551. The number of aryl methyl sites for hydroxylation is 4. The second-order valence-electron chi connectivity index (χ2n) is 31.2. The fourth-order valence-corrected chi connectivity index (χ4v) is 16.7. The van der Waals surface area contributed by atoms with Gasteiger partial charge in [-0.15, -0.1) is 0 Å². The van der Waals surface area contributed by atoms with Gasteiger partial charge in [-0.05, 0) is 154 Å². The van der Waals surface area contributed by atoms with Gasteiger partial charge in [0, 0.05) is 0 Å². The maximum atomic E-state index is 2.79. The van der Waals surface area contributed by atoms with Crippen molar-refractivity contribution >= 4 is 43.1 Å². The average Bonchev–Trinajstić information content (AvgIpc) is 0.734. The minimum atomic E-state index is 1.25. The zero-order valence-electron chi connectivity index (χ0n) is 64.3. The monoisotopic (exact) mass is 1290 g/mol. The van der Waals surface area contributed by atoms with Crippen molar-refractivity contribution in [3.8, 4) is 0 Å². The molecule has 5 rings (SSSR count). The summed E-state index contributed by atoms with van der Waals surface area (Å²) in [6, 6.07) is 21.4. The average molecular weight is 1290 g/mol. The number of hydrogen-bond donors (Lipinski definition) is 0. The molecule has 0 aliphatic heterocycles. The van der Waals surface area contributed by atoms with Crippen molar-refractivity contribution in [3.63, 3.8) is 0 Å². The number of rotatable bonds is 66. The van der Waals surface area contributed by atoms with Crippen molar-refractivity contribution in [1.82, 2.24) is 0 Å². The maximum Gasteiger partial charge on any atom is -0.00987 e. The molecule has 0 saturated heterocycles. The van der Waals surface area contributed by atoms with Crippen LogP contribution in [0.4, 0.5) is 0 Å². The molecule has 0 radical (unpaired) electrons. The van der Waals surface area contributed by atoms with Crippen LogP contribution in [-0.2, 0) is 38.5 Å². The molecule has 0 aliphatic rings. The van der Waals surface area contributed by atoms with E-state index in [0.717, 1.165) is 0 Å². The first-order chi connectivity index (χ1) is 46.6. The maximum absolute atomic E-state index is 2.79. The van der Waals surface area contributed by atoms with Gasteiger partial charge in [0.25, 0.3) is 0 Å². The summed E-state index contributed by atoms with van der Waals surface area (Å²) in [6.07, 6.45) is 92.0. The van der Waals surface area contributed by atoms with E-state index in [4.69, 9.17) is 0 Å². The Labute approximate surface area is 586 Å². The Morgan fingerprint density at radius 1 is 0.138 bits per heavy atom. The number of benzene rings is 5. The highest BCUT2D eigenvalue weighted by Crippen LogP contribution is 2.41. The third-order valence-electron chi connectivity index (χ3n) is 22.8. The molecular formula is C94H158. The predicted octanol–water partition coefficient (Wildman–Crippen LogP) is 33.1. The van der Waals surface area contributed by atoms with Gasteiger partial charge in [-0.3, -0.25) is 0 Å². The van der Waals surface area contributed by atoms with E-state index in [0.29, 0.717) is 0 Å². The van der Waals surface area contributed by atoms with Gasteiger partial charge >= 0.3 is 0 Å². The Morgan fingerprint density at radius 2 is 0.287 bits per heavy atom. The second-order valence-corrected chi connectivity index (χ2v) is 31.2. The lowest BCUT2D eigenvalue weighted by atomic mass is 9.83. The van der Waals surface area contributed by atoms with Gasteiger partial charge in [-0.1, -0.05) is 437 Å². The Hall–Kier alpha value is -2.86. The Kier molecular flexibility index (Phi) is 48.7. The van der Waals surface area contributed by atoms with E-state index in [-0.39, 0.29) is 0 Å². The highest BCUT2D eigenvalue weighted by Gasteiger charge is 2.20. The van der Waals surface area contributed by atoms with Crippen LogP contribution in [0.2, 0.25) is 0 Å². The lowest BCUT2D eigenvalue weighted by Gasteiger charge is -2.22. The van der Waals surface area contributed by atoms with E-state index in [1.165, 1.54) is 445 Å². The highest BCUT2D eigenvalue weighted by atomic mass is 14.2. The van der Waals surface area contributed by atoms with Gasteiger partial charge < -0.3 is 0 Å². The third-order valence-corrected chi connectivity index (χ3v) is 22.8. The summed E-state index contributed by atoms with van der Waals surface area (Å²) in [6.45, 7) is 14.1. The van der Waals surface area contributed by atoms with Crippen LogP contribution in [-0.4, -0.2) is 0 Å². The first-order valence-corrected chi connectivity index (χ1v) is 43.5. The Balaban J connectivity index is 1.54. The van der Waals surface area contributed by atoms with Crippen LogP contribution >= 0.6 is 0 Å². The van der Waals surface area contributed by atoms with E-state index in [1.807, 2.05) is 0 Å². The number of unbranched alkanes of at least 4 members (excludes halogenated alkanes) is 54. The van der Waals surface area contributed by atoms with Crippen molar-refractivity contribution in [2.75, 3.05) is 0 Å². The SMILES string of the molecule is CCCCCCCCCCCCc1cc2c(ccc3c2ccc2c4cc(CCCCCCCCCCCC)c(CCCCCCCCCCCC)c(CCCCCCCCCCCC)c4ccc23)c(CCCCCCCCCCCC)c1CCCCCCCCCCCC. The molecule has 534 valence electrons. The normalized spacial score (nSPS) is 12.0. The summed E-state index contributed by atoms with van der Waals surface area (Å²) < 4.78 is 0. The van der Waals surface area contributed by atoms with E-state index in [1.54, 1.807) is 54.9 Å². The van der Waals surface area contributed by atoms with Crippen molar-refractivity contribution in [2.24, 2.45) is 0 Å². The third kappa shape index (κ3) is 33.3. The summed E-state index contributed by atoms with van der Waals surface area (Å²) in [5.74, 6) is 0. The molecule has 0 N–H and O–H groups in total. The van der Waals surface area contributed by atoms with Crippen LogP contribution in [0.15, 0.2) is 48.5 Å². The van der Waals surface area contributed by atoms with E-state index < -0.39 is 0 Å². The predicted molar refractivity (Wildman–Crippen MR) is 430 cm³/mol.